The molecule has 0 aromatic heterocycles. The van der Waals surface area contributed by atoms with E-state index in [1.54, 1.807) is 0 Å². The van der Waals surface area contributed by atoms with Gasteiger partial charge in [0, 0.05) is 23.7 Å². The molecule has 1 saturated heterocycles. The maximum absolute atomic E-state index is 9.27. The Bertz CT molecular complexity index is 397. The van der Waals surface area contributed by atoms with Crippen molar-refractivity contribution >= 4 is 11.6 Å². The van der Waals surface area contributed by atoms with Crippen molar-refractivity contribution in [2.75, 3.05) is 19.7 Å². The zero-order chi connectivity index (χ0) is 13.1. The summed E-state index contributed by atoms with van der Waals surface area (Å²) in [6.07, 6.45) is -0.261. The van der Waals surface area contributed by atoms with E-state index in [4.69, 9.17) is 16.3 Å². The minimum Gasteiger partial charge on any atom is -0.394 e. The molecule has 1 aromatic rings. The summed E-state index contributed by atoms with van der Waals surface area (Å²) in [6, 6.07) is 7.74. The fourth-order valence-electron chi connectivity index (χ4n) is 2.35. The molecule has 1 aliphatic rings. The molecule has 100 valence electrons. The van der Waals surface area contributed by atoms with Crippen LogP contribution in [-0.4, -0.2) is 35.8 Å². The van der Waals surface area contributed by atoms with E-state index in [0.717, 1.165) is 23.7 Å². The fourth-order valence-corrected chi connectivity index (χ4v) is 2.58. The minimum absolute atomic E-state index is 0.0511. The molecular formula is C14H20ClNO2. The Morgan fingerprint density at radius 2 is 2.17 bits per heavy atom. The van der Waals surface area contributed by atoms with Crippen molar-refractivity contribution in [2.45, 2.75) is 26.2 Å². The summed E-state index contributed by atoms with van der Waals surface area (Å²) in [7, 11) is 0. The molecule has 4 heteroatoms. The van der Waals surface area contributed by atoms with E-state index >= 15 is 0 Å². The third kappa shape index (κ3) is 3.04. The largest absolute Gasteiger partial charge is 0.394 e. The number of nitrogens with zero attached hydrogens (tertiary/aromatic N) is 1. The smallest absolute Gasteiger partial charge is 0.138 e. The molecule has 1 heterocycles. The summed E-state index contributed by atoms with van der Waals surface area (Å²) in [5, 5.41) is 9.98. The molecular weight excluding hydrogens is 250 g/mol. The molecule has 2 atom stereocenters. The quantitative estimate of drug-likeness (QED) is 0.912. The Labute approximate surface area is 113 Å². The third-order valence-corrected chi connectivity index (χ3v) is 3.41. The van der Waals surface area contributed by atoms with Gasteiger partial charge < -0.3 is 9.84 Å². The van der Waals surface area contributed by atoms with Crippen LogP contribution in [-0.2, 0) is 4.74 Å². The normalized spacial score (nSPS) is 24.9. The monoisotopic (exact) mass is 269 g/mol. The van der Waals surface area contributed by atoms with E-state index in [0.29, 0.717) is 5.92 Å². The molecule has 2 rings (SSSR count). The lowest BCUT2D eigenvalue weighted by Crippen LogP contribution is -2.29. The lowest BCUT2D eigenvalue weighted by atomic mass is 10.1. The Hall–Kier alpha value is -0.610. The number of aliphatic hydroxyl groups is 1. The van der Waals surface area contributed by atoms with Gasteiger partial charge in [-0.2, -0.15) is 0 Å². The first-order chi connectivity index (χ1) is 8.61. The van der Waals surface area contributed by atoms with Crippen LogP contribution in [0, 0.1) is 5.92 Å². The third-order valence-electron chi connectivity index (χ3n) is 3.07. The molecule has 18 heavy (non-hydrogen) atoms. The van der Waals surface area contributed by atoms with Gasteiger partial charge in [0.2, 0.25) is 0 Å². The van der Waals surface area contributed by atoms with Gasteiger partial charge in [0.05, 0.1) is 12.7 Å². The van der Waals surface area contributed by atoms with E-state index < -0.39 is 0 Å². The molecule has 0 bridgehead atoms. The Kier molecular flexibility index (Phi) is 4.62. The van der Waals surface area contributed by atoms with Crippen molar-refractivity contribution < 1.29 is 9.84 Å². The molecule has 1 aliphatic heterocycles. The van der Waals surface area contributed by atoms with Crippen LogP contribution in [0.3, 0.4) is 0 Å². The van der Waals surface area contributed by atoms with Gasteiger partial charge in [0.1, 0.15) is 6.23 Å². The first kappa shape index (κ1) is 13.8. The topological polar surface area (TPSA) is 32.7 Å². The molecule has 2 unspecified atom stereocenters. The summed E-state index contributed by atoms with van der Waals surface area (Å²) >= 11 is 6.23. The molecule has 1 N–H and O–H groups in total. The zero-order valence-electron chi connectivity index (χ0n) is 10.8. The second-order valence-corrected chi connectivity index (χ2v) is 5.57. The average Bonchev–Trinajstić information content (AvgIpc) is 2.72. The fraction of sp³-hybridized carbons (Fsp3) is 0.571. The van der Waals surface area contributed by atoms with Crippen LogP contribution in [0.15, 0.2) is 24.3 Å². The van der Waals surface area contributed by atoms with Gasteiger partial charge in [-0.1, -0.05) is 43.6 Å². The highest BCUT2D eigenvalue weighted by atomic mass is 35.5. The van der Waals surface area contributed by atoms with Gasteiger partial charge in [-0.05, 0) is 12.0 Å². The summed E-state index contributed by atoms with van der Waals surface area (Å²) < 4.78 is 5.88. The number of hydrogen-bond donors (Lipinski definition) is 1. The predicted octanol–water partition coefficient (Wildman–Crippen LogP) is 2.69. The van der Waals surface area contributed by atoms with Crippen LogP contribution in [0.4, 0.5) is 0 Å². The second-order valence-electron chi connectivity index (χ2n) is 5.16. The first-order valence-electron chi connectivity index (χ1n) is 6.36. The maximum Gasteiger partial charge on any atom is 0.138 e. The van der Waals surface area contributed by atoms with Crippen molar-refractivity contribution in [3.8, 4) is 0 Å². The number of ether oxygens (including phenoxy) is 1. The van der Waals surface area contributed by atoms with Gasteiger partial charge >= 0.3 is 0 Å². The van der Waals surface area contributed by atoms with E-state index in [9.17, 15) is 5.11 Å². The van der Waals surface area contributed by atoms with Crippen LogP contribution < -0.4 is 0 Å². The van der Waals surface area contributed by atoms with Gasteiger partial charge in [0.15, 0.2) is 0 Å². The highest BCUT2D eigenvalue weighted by molar-refractivity contribution is 6.31. The summed E-state index contributed by atoms with van der Waals surface area (Å²) in [5.41, 5.74) is 0.982. The van der Waals surface area contributed by atoms with Crippen molar-refractivity contribution in [2.24, 2.45) is 5.92 Å². The second kappa shape index (κ2) is 6.02. The van der Waals surface area contributed by atoms with Crippen molar-refractivity contribution in [1.29, 1.82) is 0 Å². The standard InChI is InChI=1S/C14H20ClNO2/c1-10(2)7-16-8-11(9-17)18-14(16)12-5-3-4-6-13(12)15/h3-6,10-11,14,17H,7-9H2,1-2H3. The van der Waals surface area contributed by atoms with Crippen molar-refractivity contribution in [3.63, 3.8) is 0 Å². The van der Waals surface area contributed by atoms with Crippen molar-refractivity contribution in [3.05, 3.63) is 34.9 Å². The van der Waals surface area contributed by atoms with E-state index in [2.05, 4.69) is 18.7 Å². The van der Waals surface area contributed by atoms with Gasteiger partial charge in [0.25, 0.3) is 0 Å². The summed E-state index contributed by atoms with van der Waals surface area (Å²) in [6.45, 7) is 6.10. The Balaban J connectivity index is 2.21. The Morgan fingerprint density at radius 1 is 1.44 bits per heavy atom. The summed E-state index contributed by atoms with van der Waals surface area (Å²) in [5.74, 6) is 0.552. The molecule has 3 nitrogen and oxygen atoms in total. The van der Waals surface area contributed by atoms with Crippen LogP contribution in [0.25, 0.3) is 0 Å². The van der Waals surface area contributed by atoms with Crippen LogP contribution in [0.5, 0.6) is 0 Å². The number of benzene rings is 1. The molecule has 0 radical (unpaired) electrons. The highest BCUT2D eigenvalue weighted by Gasteiger charge is 2.34. The number of aliphatic hydroxyl groups excluding tert-OH is 1. The van der Waals surface area contributed by atoms with E-state index in [-0.39, 0.29) is 18.9 Å². The number of rotatable bonds is 4. The lowest BCUT2D eigenvalue weighted by molar-refractivity contribution is -0.0218. The van der Waals surface area contributed by atoms with Crippen LogP contribution >= 0.6 is 11.6 Å². The highest BCUT2D eigenvalue weighted by Crippen LogP contribution is 2.34. The Morgan fingerprint density at radius 3 is 2.78 bits per heavy atom. The van der Waals surface area contributed by atoms with Crippen LogP contribution in [0.1, 0.15) is 25.6 Å². The SMILES string of the molecule is CC(C)CN1CC(CO)OC1c1ccccc1Cl. The van der Waals surface area contributed by atoms with Crippen LogP contribution in [0.2, 0.25) is 5.02 Å². The molecule has 0 aliphatic carbocycles. The van der Waals surface area contributed by atoms with Gasteiger partial charge in [-0.3, -0.25) is 4.90 Å². The minimum atomic E-state index is -0.141. The maximum atomic E-state index is 9.27. The lowest BCUT2D eigenvalue weighted by Gasteiger charge is -2.25. The van der Waals surface area contributed by atoms with Crippen molar-refractivity contribution in [1.82, 2.24) is 4.90 Å². The molecule has 0 saturated carbocycles. The average molecular weight is 270 g/mol. The molecule has 0 spiro atoms. The van der Waals surface area contributed by atoms with E-state index in [1.807, 2.05) is 24.3 Å². The predicted molar refractivity (Wildman–Crippen MR) is 72.6 cm³/mol. The zero-order valence-corrected chi connectivity index (χ0v) is 11.6. The first-order valence-corrected chi connectivity index (χ1v) is 6.74. The molecule has 1 aromatic carbocycles. The van der Waals surface area contributed by atoms with Gasteiger partial charge in [-0.15, -0.1) is 0 Å². The molecule has 1 fully saturated rings. The van der Waals surface area contributed by atoms with Gasteiger partial charge in [-0.25, -0.2) is 0 Å². The molecule has 0 amide bonds. The number of hydrogen-bond acceptors (Lipinski definition) is 3. The summed E-state index contributed by atoms with van der Waals surface area (Å²) in [4.78, 5) is 2.24. The van der Waals surface area contributed by atoms with E-state index in [1.165, 1.54) is 0 Å². The number of halogens is 1.